The van der Waals surface area contributed by atoms with Gasteiger partial charge in [-0.1, -0.05) is 172 Å². The van der Waals surface area contributed by atoms with Crippen molar-refractivity contribution in [3.05, 3.63) is 48.6 Å². The van der Waals surface area contributed by atoms with Crippen LogP contribution >= 0.6 is 7.82 Å². The Morgan fingerprint density at radius 1 is 0.604 bits per heavy atom. The molecule has 10 heteroatoms. The maximum atomic E-state index is 12.6. The van der Waals surface area contributed by atoms with Gasteiger partial charge in [0.25, 0.3) is 0 Å². The Labute approximate surface area is 324 Å². The third-order valence-corrected chi connectivity index (χ3v) is 9.73. The summed E-state index contributed by atoms with van der Waals surface area (Å²) in [6.45, 7) is 3.26. The van der Waals surface area contributed by atoms with Crippen molar-refractivity contribution in [2.75, 3.05) is 33.0 Å². The van der Waals surface area contributed by atoms with Crippen LogP contribution in [-0.2, 0) is 27.9 Å². The summed E-state index contributed by atoms with van der Waals surface area (Å²) in [7, 11) is -4.53. The van der Waals surface area contributed by atoms with Gasteiger partial charge in [0.2, 0.25) is 0 Å². The number of allylic oxidation sites excluding steroid dienone is 8. The molecule has 0 heterocycles. The Morgan fingerprint density at radius 3 is 1.55 bits per heavy atom. The molecule has 0 aromatic heterocycles. The Hall–Kier alpha value is -1.58. The number of phosphoric acid groups is 1. The van der Waals surface area contributed by atoms with Crippen LogP contribution in [0.4, 0.5) is 0 Å². The average Bonchev–Trinajstić information content (AvgIpc) is 3.15. The zero-order chi connectivity index (χ0) is 38.9. The third-order valence-electron chi connectivity index (χ3n) is 8.78. The second-order valence-electron chi connectivity index (χ2n) is 14.0. The van der Waals surface area contributed by atoms with Crippen LogP contribution in [0.25, 0.3) is 0 Å². The number of hydrogen-bond acceptors (Lipinski definition) is 8. The van der Waals surface area contributed by atoms with Gasteiger partial charge in [-0.2, -0.15) is 0 Å². The van der Waals surface area contributed by atoms with E-state index in [1.165, 1.54) is 96.3 Å². The van der Waals surface area contributed by atoms with E-state index in [4.69, 9.17) is 23.6 Å². The summed E-state index contributed by atoms with van der Waals surface area (Å²) >= 11 is 0. The number of ether oxygens (including phenoxy) is 2. The predicted octanol–water partition coefficient (Wildman–Crippen LogP) is 11.4. The van der Waals surface area contributed by atoms with Crippen molar-refractivity contribution in [3.63, 3.8) is 0 Å². The van der Waals surface area contributed by atoms with Gasteiger partial charge in [-0.05, 0) is 44.9 Å². The fourth-order valence-electron chi connectivity index (χ4n) is 5.60. The maximum absolute atomic E-state index is 12.6. The summed E-state index contributed by atoms with van der Waals surface area (Å²) in [5.41, 5.74) is 0. The number of esters is 1. The highest BCUT2D eigenvalue weighted by Gasteiger charge is 2.26. The Morgan fingerprint density at radius 2 is 1.06 bits per heavy atom. The van der Waals surface area contributed by atoms with Crippen molar-refractivity contribution in [2.24, 2.45) is 0 Å². The van der Waals surface area contributed by atoms with Gasteiger partial charge in [0.1, 0.15) is 12.2 Å². The average molecular weight is 771 g/mol. The van der Waals surface area contributed by atoms with E-state index >= 15 is 0 Å². The summed E-state index contributed by atoms with van der Waals surface area (Å²) in [6, 6.07) is 0. The molecule has 0 amide bonds. The molecule has 0 spiro atoms. The molecule has 310 valence electrons. The van der Waals surface area contributed by atoms with Crippen molar-refractivity contribution >= 4 is 13.8 Å². The van der Waals surface area contributed by atoms with E-state index in [0.29, 0.717) is 6.61 Å². The molecule has 0 aromatic carbocycles. The second-order valence-corrected chi connectivity index (χ2v) is 15.4. The predicted molar refractivity (Wildman–Crippen MR) is 219 cm³/mol. The summed E-state index contributed by atoms with van der Waals surface area (Å²) < 4.78 is 33.2. The van der Waals surface area contributed by atoms with Gasteiger partial charge >= 0.3 is 13.8 Å². The van der Waals surface area contributed by atoms with Gasteiger partial charge in [-0.25, -0.2) is 4.57 Å². The summed E-state index contributed by atoms with van der Waals surface area (Å²) in [6.07, 6.45) is 43.7. The Balaban J connectivity index is 4.22. The summed E-state index contributed by atoms with van der Waals surface area (Å²) in [5, 5.41) is 18.3. The number of carbonyl (C=O) groups is 1. The highest BCUT2D eigenvalue weighted by Crippen LogP contribution is 2.43. The first-order chi connectivity index (χ1) is 25.8. The fraction of sp³-hybridized carbons (Fsp3) is 0.791. The third kappa shape index (κ3) is 39.9. The molecule has 9 nitrogen and oxygen atoms in total. The highest BCUT2D eigenvalue weighted by atomic mass is 31.2. The minimum atomic E-state index is -4.53. The van der Waals surface area contributed by atoms with E-state index in [1.54, 1.807) is 0 Å². The number of aliphatic hydroxyl groups is 2. The smallest absolute Gasteiger partial charge is 0.457 e. The minimum absolute atomic E-state index is 0.0122. The van der Waals surface area contributed by atoms with Crippen LogP contribution in [0.15, 0.2) is 48.6 Å². The first-order valence-electron chi connectivity index (χ1n) is 21.1. The monoisotopic (exact) mass is 771 g/mol. The first-order valence-corrected chi connectivity index (χ1v) is 22.6. The number of carbonyl (C=O) groups excluding carboxylic acids is 1. The van der Waals surface area contributed by atoms with E-state index in [1.807, 2.05) is 0 Å². The lowest BCUT2D eigenvalue weighted by atomic mass is 10.0. The van der Waals surface area contributed by atoms with Crippen molar-refractivity contribution in [2.45, 2.75) is 187 Å². The van der Waals surface area contributed by atoms with Crippen LogP contribution in [0.5, 0.6) is 0 Å². The zero-order valence-electron chi connectivity index (χ0n) is 33.7. The van der Waals surface area contributed by atoms with Crippen molar-refractivity contribution in [1.29, 1.82) is 0 Å². The summed E-state index contributed by atoms with van der Waals surface area (Å²) in [4.78, 5) is 22.5. The molecule has 3 atom stereocenters. The Bertz CT molecular complexity index is 965. The standard InChI is InChI=1S/C43H79O9P/c1-3-5-7-9-11-13-15-17-19-20-21-22-23-25-27-29-31-33-35-43(46)52-42(40-51-53(47,48)50-38-41(45)37-44)39-49-36-34-32-30-28-26-24-18-16-14-12-10-8-6-4-2/h6,8,12,14,18,24,28,30,41-42,44-45H,3-5,7,9-11,13,15-17,19-23,25-27,29,31-40H2,1-2H3,(H,47,48)/b8-6-,14-12-,24-18-,30-28-. The molecule has 0 aliphatic carbocycles. The molecule has 0 saturated heterocycles. The van der Waals surface area contributed by atoms with E-state index in [9.17, 15) is 19.4 Å². The van der Waals surface area contributed by atoms with E-state index in [0.717, 1.165) is 57.8 Å². The number of phosphoric ester groups is 1. The first kappa shape index (κ1) is 51.4. The molecular weight excluding hydrogens is 691 g/mol. The van der Waals surface area contributed by atoms with Crippen LogP contribution in [0.2, 0.25) is 0 Å². The minimum Gasteiger partial charge on any atom is -0.457 e. The molecule has 0 aliphatic heterocycles. The van der Waals surface area contributed by atoms with Crippen LogP contribution < -0.4 is 0 Å². The molecule has 0 aromatic rings. The Kier molecular flexibility index (Phi) is 38.9. The SMILES string of the molecule is CC/C=C\C/C=C\C/C=C\C/C=C\CCCOCC(COP(=O)(O)OCC(O)CO)OC(=O)CCCCCCCCCCCCCCCCCCCC. The van der Waals surface area contributed by atoms with Gasteiger partial charge in [-0.3, -0.25) is 13.8 Å². The lowest BCUT2D eigenvalue weighted by Crippen LogP contribution is -2.29. The van der Waals surface area contributed by atoms with E-state index in [-0.39, 0.29) is 13.0 Å². The molecule has 0 fully saturated rings. The molecule has 0 rings (SSSR count). The second kappa shape index (κ2) is 40.1. The van der Waals surface area contributed by atoms with Crippen molar-refractivity contribution in [1.82, 2.24) is 0 Å². The molecule has 3 N–H and O–H groups in total. The topological polar surface area (TPSA) is 132 Å². The maximum Gasteiger partial charge on any atom is 0.472 e. The van der Waals surface area contributed by atoms with Gasteiger partial charge in [0.15, 0.2) is 0 Å². The number of rotatable bonds is 40. The molecule has 0 radical (unpaired) electrons. The molecule has 3 unspecified atom stereocenters. The lowest BCUT2D eigenvalue weighted by Gasteiger charge is -2.20. The van der Waals surface area contributed by atoms with Crippen LogP contribution in [0.1, 0.15) is 174 Å². The van der Waals surface area contributed by atoms with Gasteiger partial charge in [0, 0.05) is 13.0 Å². The van der Waals surface area contributed by atoms with Gasteiger partial charge < -0.3 is 24.6 Å². The van der Waals surface area contributed by atoms with Crippen LogP contribution in [0.3, 0.4) is 0 Å². The van der Waals surface area contributed by atoms with Crippen LogP contribution in [-0.4, -0.2) is 66.3 Å². The molecule has 0 aliphatic rings. The molecule has 0 saturated carbocycles. The normalized spacial score (nSPS) is 14.6. The zero-order valence-corrected chi connectivity index (χ0v) is 34.6. The molecule has 53 heavy (non-hydrogen) atoms. The lowest BCUT2D eigenvalue weighted by molar-refractivity contribution is -0.154. The van der Waals surface area contributed by atoms with Gasteiger partial charge in [-0.15, -0.1) is 0 Å². The number of aliphatic hydroxyl groups excluding tert-OH is 2. The number of hydrogen-bond donors (Lipinski definition) is 3. The summed E-state index contributed by atoms with van der Waals surface area (Å²) in [5.74, 6) is -0.400. The highest BCUT2D eigenvalue weighted by molar-refractivity contribution is 7.47. The van der Waals surface area contributed by atoms with E-state index < -0.39 is 45.8 Å². The van der Waals surface area contributed by atoms with Crippen molar-refractivity contribution < 1.29 is 43.0 Å². The largest absolute Gasteiger partial charge is 0.472 e. The quantitative estimate of drug-likeness (QED) is 0.0241. The molecular formula is C43H79O9P. The van der Waals surface area contributed by atoms with Crippen LogP contribution in [0, 0.1) is 0 Å². The molecule has 0 bridgehead atoms. The number of unbranched alkanes of at least 4 members (excludes halogenated alkanes) is 18. The fourth-order valence-corrected chi connectivity index (χ4v) is 6.38. The van der Waals surface area contributed by atoms with E-state index in [2.05, 4.69) is 62.5 Å². The van der Waals surface area contributed by atoms with Gasteiger partial charge in [0.05, 0.1) is 26.4 Å². The van der Waals surface area contributed by atoms with Crippen molar-refractivity contribution in [3.8, 4) is 0 Å².